The van der Waals surface area contributed by atoms with E-state index in [0.29, 0.717) is 55.6 Å². The first-order chi connectivity index (χ1) is 20.6. The van der Waals surface area contributed by atoms with E-state index < -0.39 is 0 Å². The normalized spacial score (nSPS) is 14.6. The summed E-state index contributed by atoms with van der Waals surface area (Å²) in [5.74, 6) is 1.81. The third-order valence-corrected chi connectivity index (χ3v) is 7.02. The lowest BCUT2D eigenvalue weighted by atomic mass is 10.0. The van der Waals surface area contributed by atoms with Crippen LogP contribution < -0.4 is 20.1 Å². The summed E-state index contributed by atoms with van der Waals surface area (Å²) >= 11 is 0. The summed E-state index contributed by atoms with van der Waals surface area (Å²) in [5, 5.41) is 6.10. The van der Waals surface area contributed by atoms with Crippen molar-refractivity contribution >= 4 is 11.8 Å². The Hall–Kier alpha value is -4.69. The van der Waals surface area contributed by atoms with Crippen LogP contribution in [0.5, 0.6) is 17.2 Å². The molecule has 0 radical (unpaired) electrons. The molecule has 2 amide bonds. The monoisotopic (exact) mass is 564 g/mol. The number of carbonyl (C=O) groups excluding carboxylic acids is 2. The summed E-state index contributed by atoms with van der Waals surface area (Å²) in [6.45, 7) is 2.73. The van der Waals surface area contributed by atoms with Crippen molar-refractivity contribution in [3.8, 4) is 17.2 Å². The summed E-state index contributed by atoms with van der Waals surface area (Å²) in [6, 6.07) is 26.9. The molecule has 0 bridgehead atoms. The van der Waals surface area contributed by atoms with Crippen LogP contribution in [-0.2, 0) is 24.4 Å². The highest BCUT2D eigenvalue weighted by atomic mass is 16.5. The summed E-state index contributed by atoms with van der Waals surface area (Å²) in [7, 11) is 0. The lowest BCUT2D eigenvalue weighted by Crippen LogP contribution is -2.37. The van der Waals surface area contributed by atoms with E-state index in [0.717, 1.165) is 36.0 Å². The Morgan fingerprint density at radius 3 is 2.55 bits per heavy atom. The second-order valence-electron chi connectivity index (χ2n) is 10.3. The Kier molecular flexibility index (Phi) is 10.2. The van der Waals surface area contributed by atoms with Gasteiger partial charge in [0.15, 0.2) is 0 Å². The van der Waals surface area contributed by atoms with Crippen molar-refractivity contribution in [2.45, 2.75) is 38.9 Å². The molecule has 0 spiro atoms. The number of carbonyl (C=O) groups is 2. The van der Waals surface area contributed by atoms with Crippen LogP contribution in [0.4, 0.5) is 0 Å². The van der Waals surface area contributed by atoms with Crippen molar-refractivity contribution in [2.75, 3.05) is 19.7 Å². The van der Waals surface area contributed by atoms with Gasteiger partial charge in [-0.3, -0.25) is 19.5 Å². The maximum absolute atomic E-state index is 13.6. The number of rotatable bonds is 7. The summed E-state index contributed by atoms with van der Waals surface area (Å²) in [5.41, 5.74) is 3.35. The first-order valence-electron chi connectivity index (χ1n) is 14.4. The molecule has 1 aliphatic heterocycles. The Bertz CT molecular complexity index is 1450. The fourth-order valence-corrected chi connectivity index (χ4v) is 4.88. The van der Waals surface area contributed by atoms with Crippen LogP contribution >= 0.6 is 0 Å². The number of amides is 2. The predicted molar refractivity (Wildman–Crippen MR) is 161 cm³/mol. The van der Waals surface area contributed by atoms with E-state index in [1.807, 2.05) is 84.9 Å². The van der Waals surface area contributed by atoms with Gasteiger partial charge in [-0.15, -0.1) is 0 Å². The molecule has 8 heteroatoms. The molecule has 3 aromatic carbocycles. The number of aromatic nitrogens is 1. The van der Waals surface area contributed by atoms with E-state index in [1.165, 1.54) is 0 Å². The number of nitrogens with one attached hydrogen (secondary N) is 2. The quantitative estimate of drug-likeness (QED) is 0.309. The molecule has 0 fully saturated rings. The van der Waals surface area contributed by atoms with Crippen LogP contribution in [0.2, 0.25) is 0 Å². The second-order valence-corrected chi connectivity index (χ2v) is 10.3. The molecular formula is C34H36N4O4. The molecule has 8 nitrogen and oxygen atoms in total. The molecule has 5 rings (SSSR count). The Morgan fingerprint density at radius 2 is 1.74 bits per heavy atom. The van der Waals surface area contributed by atoms with Gasteiger partial charge in [0.2, 0.25) is 5.91 Å². The van der Waals surface area contributed by atoms with E-state index in [1.54, 1.807) is 12.4 Å². The van der Waals surface area contributed by atoms with E-state index in [-0.39, 0.29) is 18.4 Å². The highest BCUT2D eigenvalue weighted by Gasteiger charge is 2.21. The molecule has 2 heterocycles. The minimum absolute atomic E-state index is 0.0227. The van der Waals surface area contributed by atoms with Crippen LogP contribution in [0.25, 0.3) is 0 Å². The van der Waals surface area contributed by atoms with Crippen molar-refractivity contribution in [2.24, 2.45) is 0 Å². The number of hydrogen-bond acceptors (Lipinski definition) is 6. The number of ether oxygens (including phenoxy) is 2. The van der Waals surface area contributed by atoms with Crippen LogP contribution in [0.15, 0.2) is 97.3 Å². The number of fused-ring (bicyclic) bond motifs is 1. The zero-order valence-corrected chi connectivity index (χ0v) is 23.6. The number of pyridine rings is 1. The highest BCUT2D eigenvalue weighted by molar-refractivity contribution is 5.96. The predicted octanol–water partition coefficient (Wildman–Crippen LogP) is 5.49. The van der Waals surface area contributed by atoms with Crippen molar-refractivity contribution in [3.05, 3.63) is 120 Å². The summed E-state index contributed by atoms with van der Waals surface area (Å²) in [4.78, 5) is 32.5. The van der Waals surface area contributed by atoms with Gasteiger partial charge in [0.25, 0.3) is 5.91 Å². The summed E-state index contributed by atoms with van der Waals surface area (Å²) in [6.07, 6.45) is 6.09. The SMILES string of the molecule is O=C1CN(Cc2ccccc2)Cc2c(cccc2C(=O)NCc2ccc(Oc3cccnc3)cc2)OCCCCCN1. The molecule has 216 valence electrons. The maximum Gasteiger partial charge on any atom is 0.252 e. The van der Waals surface area contributed by atoms with Gasteiger partial charge in [-0.1, -0.05) is 48.5 Å². The lowest BCUT2D eigenvalue weighted by Gasteiger charge is -2.25. The number of hydrogen-bond donors (Lipinski definition) is 2. The van der Waals surface area contributed by atoms with Crippen LogP contribution in [0, 0.1) is 0 Å². The molecule has 1 aliphatic rings. The van der Waals surface area contributed by atoms with Crippen LogP contribution in [0.1, 0.15) is 46.3 Å². The smallest absolute Gasteiger partial charge is 0.252 e. The largest absolute Gasteiger partial charge is 0.493 e. The first-order valence-corrected chi connectivity index (χ1v) is 14.4. The van der Waals surface area contributed by atoms with Crippen LogP contribution in [0.3, 0.4) is 0 Å². The standard InChI is InChI=1S/C34H36N4O4/c39-33-25-38(23-27-9-3-1-4-10-27)24-31-30(12-7-13-32(31)41-20-6-2-5-19-36-33)34(40)37-21-26-14-16-28(17-15-26)42-29-11-8-18-35-22-29/h1,3-4,7-18,22H,2,5-6,19-21,23-25H2,(H,36,39)(H,37,40). The van der Waals surface area contributed by atoms with Crippen molar-refractivity contribution in [3.63, 3.8) is 0 Å². The first kappa shape index (κ1) is 28.8. The Labute approximate surface area is 246 Å². The average molecular weight is 565 g/mol. The minimum Gasteiger partial charge on any atom is -0.493 e. The molecule has 42 heavy (non-hydrogen) atoms. The molecule has 1 aromatic heterocycles. The molecule has 0 unspecified atom stereocenters. The van der Waals surface area contributed by atoms with Gasteiger partial charge in [0.1, 0.15) is 17.2 Å². The molecular weight excluding hydrogens is 528 g/mol. The van der Waals surface area contributed by atoms with E-state index >= 15 is 0 Å². The zero-order chi connectivity index (χ0) is 29.0. The van der Waals surface area contributed by atoms with Gasteiger partial charge in [-0.05, 0) is 66.8 Å². The van der Waals surface area contributed by atoms with E-state index in [2.05, 4.69) is 20.5 Å². The second kappa shape index (κ2) is 14.8. The lowest BCUT2D eigenvalue weighted by molar-refractivity contribution is -0.122. The third kappa shape index (κ3) is 8.41. The van der Waals surface area contributed by atoms with Gasteiger partial charge in [0, 0.05) is 43.5 Å². The molecule has 0 aliphatic carbocycles. The molecule has 0 saturated heterocycles. The highest BCUT2D eigenvalue weighted by Crippen LogP contribution is 2.26. The van der Waals surface area contributed by atoms with Gasteiger partial charge in [-0.2, -0.15) is 0 Å². The third-order valence-electron chi connectivity index (χ3n) is 7.02. The fourth-order valence-electron chi connectivity index (χ4n) is 4.88. The van der Waals surface area contributed by atoms with Crippen molar-refractivity contribution in [1.82, 2.24) is 20.5 Å². The Balaban J connectivity index is 1.33. The minimum atomic E-state index is -0.195. The van der Waals surface area contributed by atoms with E-state index in [9.17, 15) is 9.59 Å². The van der Waals surface area contributed by atoms with Gasteiger partial charge in [0.05, 0.1) is 19.3 Å². The van der Waals surface area contributed by atoms with Crippen LogP contribution in [-0.4, -0.2) is 41.4 Å². The van der Waals surface area contributed by atoms with Crippen molar-refractivity contribution in [1.29, 1.82) is 0 Å². The summed E-state index contributed by atoms with van der Waals surface area (Å²) < 4.78 is 12.0. The molecule has 0 saturated carbocycles. The van der Waals surface area contributed by atoms with Gasteiger partial charge < -0.3 is 20.1 Å². The molecule has 2 N–H and O–H groups in total. The van der Waals surface area contributed by atoms with E-state index in [4.69, 9.17) is 9.47 Å². The van der Waals surface area contributed by atoms with Gasteiger partial charge >= 0.3 is 0 Å². The average Bonchev–Trinajstić information content (AvgIpc) is 3.03. The molecule has 0 atom stereocenters. The van der Waals surface area contributed by atoms with Crippen molar-refractivity contribution < 1.29 is 19.1 Å². The molecule has 4 aromatic rings. The maximum atomic E-state index is 13.6. The fraction of sp³-hybridized carbons (Fsp3) is 0.265. The topological polar surface area (TPSA) is 92.8 Å². The Morgan fingerprint density at radius 1 is 0.881 bits per heavy atom. The van der Waals surface area contributed by atoms with Gasteiger partial charge in [-0.25, -0.2) is 0 Å². The number of benzene rings is 3. The number of nitrogens with zero attached hydrogens (tertiary/aromatic N) is 2. The zero-order valence-electron chi connectivity index (χ0n) is 23.6.